The van der Waals surface area contributed by atoms with Crippen LogP contribution in [0.15, 0.2) is 58.8 Å². The second-order valence-electron chi connectivity index (χ2n) is 6.80. The molecule has 0 fully saturated rings. The number of carboxylic acid groups (broad SMARTS) is 1. The van der Waals surface area contributed by atoms with Crippen LogP contribution in [-0.2, 0) is 20.7 Å². The van der Waals surface area contributed by atoms with Crippen LogP contribution in [0.5, 0.6) is 0 Å². The van der Waals surface area contributed by atoms with Crippen LogP contribution in [-0.4, -0.2) is 46.2 Å². The molecule has 3 rings (SSSR count). The van der Waals surface area contributed by atoms with E-state index in [0.29, 0.717) is 23.1 Å². The Bertz CT molecular complexity index is 1210. The van der Waals surface area contributed by atoms with E-state index in [1.165, 1.54) is 35.2 Å². The Morgan fingerprint density at radius 2 is 1.82 bits per heavy atom. The van der Waals surface area contributed by atoms with Crippen molar-refractivity contribution in [3.63, 3.8) is 0 Å². The zero-order valence-corrected chi connectivity index (χ0v) is 19.7. The molecule has 0 atom stereocenters. The number of benzene rings is 2. The van der Waals surface area contributed by atoms with Crippen molar-refractivity contribution in [1.82, 2.24) is 4.98 Å². The van der Waals surface area contributed by atoms with Gasteiger partial charge in [-0.25, -0.2) is 9.78 Å². The van der Waals surface area contributed by atoms with Crippen molar-refractivity contribution in [2.45, 2.75) is 18.2 Å². The summed E-state index contributed by atoms with van der Waals surface area (Å²) in [6, 6.07) is 12.8. The SMILES string of the molecule is CCOC(=O)Cc1csc(NC(=O)CSc2cccc(NC(=O)c3ccccc3C(=O)O)c2)n1. The van der Waals surface area contributed by atoms with E-state index in [0.717, 1.165) is 4.90 Å². The number of aromatic carboxylic acids is 1. The highest BCUT2D eigenvalue weighted by atomic mass is 32.2. The summed E-state index contributed by atoms with van der Waals surface area (Å²) in [6.45, 7) is 2.02. The number of thioether (sulfide) groups is 1. The van der Waals surface area contributed by atoms with E-state index in [1.807, 2.05) is 0 Å². The highest BCUT2D eigenvalue weighted by Gasteiger charge is 2.16. The van der Waals surface area contributed by atoms with E-state index >= 15 is 0 Å². The maximum atomic E-state index is 12.5. The average Bonchev–Trinajstić information content (AvgIpc) is 3.24. The molecule has 0 bridgehead atoms. The minimum Gasteiger partial charge on any atom is -0.478 e. The molecule has 0 radical (unpaired) electrons. The molecule has 1 heterocycles. The lowest BCUT2D eigenvalue weighted by Crippen LogP contribution is -2.16. The Kier molecular flexibility index (Phi) is 8.77. The van der Waals surface area contributed by atoms with E-state index in [1.54, 1.807) is 48.7 Å². The van der Waals surface area contributed by atoms with E-state index in [9.17, 15) is 24.3 Å². The van der Waals surface area contributed by atoms with Crippen molar-refractivity contribution in [2.24, 2.45) is 0 Å². The maximum Gasteiger partial charge on any atom is 0.336 e. The van der Waals surface area contributed by atoms with Gasteiger partial charge in [-0.05, 0) is 37.3 Å². The number of carbonyl (C=O) groups is 4. The van der Waals surface area contributed by atoms with Gasteiger partial charge < -0.3 is 20.5 Å². The van der Waals surface area contributed by atoms with Gasteiger partial charge in [0.25, 0.3) is 5.91 Å². The molecule has 0 saturated heterocycles. The van der Waals surface area contributed by atoms with Crippen molar-refractivity contribution in [3.05, 3.63) is 70.7 Å². The van der Waals surface area contributed by atoms with Crippen LogP contribution in [0.4, 0.5) is 10.8 Å². The van der Waals surface area contributed by atoms with Gasteiger partial charge in [0.2, 0.25) is 5.91 Å². The Balaban J connectivity index is 1.54. The van der Waals surface area contributed by atoms with Gasteiger partial charge in [0.15, 0.2) is 5.13 Å². The number of amides is 2. The van der Waals surface area contributed by atoms with Gasteiger partial charge >= 0.3 is 11.9 Å². The number of esters is 1. The second-order valence-corrected chi connectivity index (χ2v) is 8.70. The Morgan fingerprint density at radius 1 is 1.06 bits per heavy atom. The Labute approximate surface area is 203 Å². The molecule has 11 heteroatoms. The minimum absolute atomic E-state index is 0.0460. The smallest absolute Gasteiger partial charge is 0.336 e. The van der Waals surface area contributed by atoms with Gasteiger partial charge in [-0.1, -0.05) is 18.2 Å². The van der Waals surface area contributed by atoms with E-state index in [2.05, 4.69) is 15.6 Å². The minimum atomic E-state index is -1.19. The third-order valence-electron chi connectivity index (χ3n) is 4.29. The number of nitrogens with one attached hydrogen (secondary N) is 2. The summed E-state index contributed by atoms with van der Waals surface area (Å²) in [6.07, 6.45) is 0.0460. The lowest BCUT2D eigenvalue weighted by molar-refractivity contribution is -0.142. The largest absolute Gasteiger partial charge is 0.478 e. The zero-order chi connectivity index (χ0) is 24.5. The van der Waals surface area contributed by atoms with E-state index in [4.69, 9.17) is 4.74 Å². The monoisotopic (exact) mass is 499 g/mol. The van der Waals surface area contributed by atoms with Gasteiger partial charge in [0, 0.05) is 16.0 Å². The van der Waals surface area contributed by atoms with Crippen molar-refractivity contribution in [1.29, 1.82) is 0 Å². The standard InChI is InChI=1S/C23H21N3O6S2/c1-2-32-20(28)11-15-12-34-23(25-15)26-19(27)13-33-16-7-5-6-14(10-16)24-21(29)17-8-3-4-9-18(17)22(30)31/h3-10,12H,2,11,13H2,1H3,(H,24,29)(H,30,31)(H,25,26,27). The number of hydrogen-bond acceptors (Lipinski definition) is 8. The topological polar surface area (TPSA) is 135 Å². The fraction of sp³-hybridized carbons (Fsp3) is 0.174. The molecule has 176 valence electrons. The van der Waals surface area contributed by atoms with Crippen LogP contribution in [0, 0.1) is 0 Å². The summed E-state index contributed by atoms with van der Waals surface area (Å²) in [7, 11) is 0. The van der Waals surface area contributed by atoms with Crippen molar-refractivity contribution in [3.8, 4) is 0 Å². The molecule has 0 spiro atoms. The number of carbonyl (C=O) groups excluding carboxylic acids is 3. The van der Waals surface area contributed by atoms with Gasteiger partial charge in [0.05, 0.1) is 35.6 Å². The number of anilines is 2. The molecule has 0 saturated carbocycles. The van der Waals surface area contributed by atoms with Crippen molar-refractivity contribution < 1.29 is 29.0 Å². The predicted molar refractivity (Wildman–Crippen MR) is 130 cm³/mol. The summed E-state index contributed by atoms with van der Waals surface area (Å²) in [5, 5.41) is 16.7. The fourth-order valence-electron chi connectivity index (χ4n) is 2.84. The molecule has 0 aliphatic rings. The fourth-order valence-corrected chi connectivity index (χ4v) is 4.32. The summed E-state index contributed by atoms with van der Waals surface area (Å²) < 4.78 is 4.88. The third kappa shape index (κ3) is 7.15. The van der Waals surface area contributed by atoms with Gasteiger partial charge in [-0.15, -0.1) is 23.1 Å². The second kappa shape index (κ2) is 12.0. The van der Waals surface area contributed by atoms with Crippen LogP contribution >= 0.6 is 23.1 Å². The zero-order valence-electron chi connectivity index (χ0n) is 18.1. The quantitative estimate of drug-likeness (QED) is 0.282. The summed E-state index contributed by atoms with van der Waals surface area (Å²) in [4.78, 5) is 52.6. The normalized spacial score (nSPS) is 10.4. The first kappa shape index (κ1) is 24.9. The lowest BCUT2D eigenvalue weighted by Gasteiger charge is -2.09. The number of aromatic nitrogens is 1. The molecule has 3 N–H and O–H groups in total. The molecule has 1 aromatic heterocycles. The number of nitrogens with zero attached hydrogens (tertiary/aromatic N) is 1. The molecule has 0 aliphatic heterocycles. The molecule has 2 aromatic carbocycles. The first-order chi connectivity index (χ1) is 16.4. The molecular formula is C23H21N3O6S2. The van der Waals surface area contributed by atoms with Crippen LogP contribution in [0.3, 0.4) is 0 Å². The van der Waals surface area contributed by atoms with Gasteiger partial charge in [-0.2, -0.15) is 0 Å². The van der Waals surface area contributed by atoms with E-state index < -0.39 is 11.9 Å². The van der Waals surface area contributed by atoms with Gasteiger partial charge in [-0.3, -0.25) is 14.4 Å². The molecule has 0 aliphatic carbocycles. The molecule has 34 heavy (non-hydrogen) atoms. The van der Waals surface area contributed by atoms with Gasteiger partial charge in [0.1, 0.15) is 0 Å². The average molecular weight is 500 g/mol. The Morgan fingerprint density at radius 3 is 2.56 bits per heavy atom. The number of ether oxygens (including phenoxy) is 1. The predicted octanol–water partition coefficient (Wildman–Crippen LogP) is 3.93. The van der Waals surface area contributed by atoms with Crippen molar-refractivity contribution >= 4 is 57.7 Å². The maximum absolute atomic E-state index is 12.5. The summed E-state index contributed by atoms with van der Waals surface area (Å²) in [5.41, 5.74) is 0.964. The lowest BCUT2D eigenvalue weighted by atomic mass is 10.1. The van der Waals surface area contributed by atoms with Crippen LogP contribution < -0.4 is 10.6 Å². The van der Waals surface area contributed by atoms with Crippen molar-refractivity contribution in [2.75, 3.05) is 23.0 Å². The summed E-state index contributed by atoms with van der Waals surface area (Å²) in [5.74, 6) is -2.27. The third-order valence-corrected chi connectivity index (χ3v) is 6.09. The first-order valence-electron chi connectivity index (χ1n) is 10.1. The Hall–Kier alpha value is -3.70. The number of carboxylic acids is 1. The molecule has 2 amide bonds. The van der Waals surface area contributed by atoms with E-state index in [-0.39, 0.29) is 35.2 Å². The highest BCUT2D eigenvalue weighted by molar-refractivity contribution is 8.00. The summed E-state index contributed by atoms with van der Waals surface area (Å²) >= 11 is 2.48. The number of hydrogen-bond donors (Lipinski definition) is 3. The van der Waals surface area contributed by atoms with Crippen LogP contribution in [0.1, 0.15) is 33.3 Å². The van der Waals surface area contributed by atoms with Crippen LogP contribution in [0.25, 0.3) is 0 Å². The number of rotatable bonds is 10. The molecular weight excluding hydrogens is 478 g/mol. The highest BCUT2D eigenvalue weighted by Crippen LogP contribution is 2.23. The molecule has 9 nitrogen and oxygen atoms in total. The molecule has 3 aromatic rings. The first-order valence-corrected chi connectivity index (χ1v) is 12.0. The number of thiazole rings is 1. The van der Waals surface area contributed by atoms with Crippen LogP contribution in [0.2, 0.25) is 0 Å². The molecule has 0 unspecified atom stereocenters.